The number of amides is 1. The molecule has 0 saturated heterocycles. The molecule has 25 heavy (non-hydrogen) atoms. The van der Waals surface area contributed by atoms with Crippen LogP contribution >= 0.6 is 11.3 Å². The van der Waals surface area contributed by atoms with Gasteiger partial charge in [-0.1, -0.05) is 5.16 Å². The van der Waals surface area contributed by atoms with E-state index in [1.165, 1.54) is 22.2 Å². The molecule has 0 bridgehead atoms. The lowest BCUT2D eigenvalue weighted by Gasteiger charge is -2.05. The monoisotopic (exact) mass is 381 g/mol. The number of rotatable bonds is 6. The van der Waals surface area contributed by atoms with Crippen molar-refractivity contribution in [2.45, 2.75) is 24.7 Å². The van der Waals surface area contributed by atoms with E-state index in [1.54, 1.807) is 14.0 Å². The van der Waals surface area contributed by atoms with E-state index < -0.39 is 15.9 Å². The summed E-state index contributed by atoms with van der Waals surface area (Å²) in [6.45, 7) is 1.61. The molecule has 1 amide bonds. The molecule has 0 spiro atoms. The van der Waals surface area contributed by atoms with Crippen LogP contribution in [0.1, 0.15) is 18.0 Å². The van der Waals surface area contributed by atoms with Gasteiger partial charge in [0.15, 0.2) is 0 Å². The molecule has 0 saturated carbocycles. The van der Waals surface area contributed by atoms with Gasteiger partial charge in [-0.3, -0.25) is 9.48 Å². The molecule has 0 radical (unpaired) electrons. The lowest BCUT2D eigenvalue weighted by molar-refractivity contribution is -0.119. The molecule has 0 aromatic carbocycles. The van der Waals surface area contributed by atoms with E-state index in [0.29, 0.717) is 11.5 Å². The highest BCUT2D eigenvalue weighted by molar-refractivity contribution is 7.90. The molecule has 0 fully saturated rings. The Hall–Kier alpha value is -2.53. The van der Waals surface area contributed by atoms with Gasteiger partial charge >= 0.3 is 0 Å². The average Bonchev–Trinajstić information content (AvgIpc) is 3.27. The maximum Gasteiger partial charge on any atom is 0.267 e. The summed E-state index contributed by atoms with van der Waals surface area (Å²) in [5, 5.41) is 11.5. The Morgan fingerprint density at radius 3 is 2.88 bits per heavy atom. The van der Waals surface area contributed by atoms with E-state index in [9.17, 15) is 13.2 Å². The van der Waals surface area contributed by atoms with Crippen LogP contribution in [0.25, 0.3) is 11.4 Å². The van der Waals surface area contributed by atoms with Gasteiger partial charge in [0, 0.05) is 30.8 Å². The number of aryl methyl sites for hydroxylation is 2. The van der Waals surface area contributed by atoms with Gasteiger partial charge in [-0.05, 0) is 18.4 Å². The Labute approximate surface area is 147 Å². The number of hydrogen-bond acceptors (Lipinski definition) is 8. The predicted molar refractivity (Wildman–Crippen MR) is 89.2 cm³/mol. The molecule has 3 aromatic rings. The highest BCUT2D eigenvalue weighted by atomic mass is 32.2. The molecule has 3 heterocycles. The molecular weight excluding hydrogens is 366 g/mol. The van der Waals surface area contributed by atoms with Crippen molar-refractivity contribution < 1.29 is 17.7 Å². The fourth-order valence-electron chi connectivity index (χ4n) is 2.08. The summed E-state index contributed by atoms with van der Waals surface area (Å²) in [6, 6.07) is 1.86. The van der Waals surface area contributed by atoms with Crippen LogP contribution in [0.4, 0.5) is 0 Å². The fraction of sp³-hybridized carbons (Fsp3) is 0.286. The van der Waals surface area contributed by atoms with Crippen molar-refractivity contribution in [1.29, 1.82) is 0 Å². The number of hydrogen-bond donors (Lipinski definition) is 1. The topological polar surface area (TPSA) is 120 Å². The quantitative estimate of drug-likeness (QED) is 0.683. The number of aromatic nitrogens is 4. The van der Waals surface area contributed by atoms with Crippen molar-refractivity contribution in [1.82, 2.24) is 24.6 Å². The first-order chi connectivity index (χ1) is 11.9. The molecule has 0 aliphatic rings. The Bertz CT molecular complexity index is 989. The second-order valence-corrected chi connectivity index (χ2v) is 7.70. The van der Waals surface area contributed by atoms with Crippen molar-refractivity contribution >= 4 is 27.3 Å². The second-order valence-electron chi connectivity index (χ2n) is 5.27. The minimum absolute atomic E-state index is 0.0270. The highest BCUT2D eigenvalue weighted by Gasteiger charge is 2.22. The normalized spacial score (nSPS) is 11.6. The summed E-state index contributed by atoms with van der Waals surface area (Å²) in [7, 11) is -2.33. The number of nitrogens with zero attached hydrogens (tertiary/aromatic N) is 4. The molecule has 0 aliphatic heterocycles. The second kappa shape index (κ2) is 6.76. The Morgan fingerprint density at radius 1 is 1.44 bits per heavy atom. The number of nitrogens with one attached hydrogen (secondary N) is 1. The maximum absolute atomic E-state index is 12.2. The zero-order valence-electron chi connectivity index (χ0n) is 13.5. The van der Waals surface area contributed by atoms with Crippen LogP contribution in [0.3, 0.4) is 0 Å². The third kappa shape index (κ3) is 3.77. The smallest absolute Gasteiger partial charge is 0.267 e. The molecule has 11 heteroatoms. The van der Waals surface area contributed by atoms with Crippen molar-refractivity contribution in [3.8, 4) is 11.4 Å². The van der Waals surface area contributed by atoms with E-state index >= 15 is 0 Å². The molecule has 0 atom stereocenters. The van der Waals surface area contributed by atoms with Crippen molar-refractivity contribution in [2.24, 2.45) is 7.05 Å². The molecule has 3 aromatic heterocycles. The number of carbonyl (C=O) groups excluding carboxylic acids is 1. The molecule has 1 N–H and O–H groups in total. The Morgan fingerprint density at radius 2 is 2.24 bits per heavy atom. The standard InChI is InChI=1S/C14H15N5O4S2/c1-9-11(7-15-19(9)2)25(21,22)18-12(20)3-4-13-16-14(17-23-13)10-5-6-24-8-10/h5-8H,3-4H2,1-2H3,(H,18,20). The first-order valence-corrected chi connectivity index (χ1v) is 9.69. The Kier molecular flexibility index (Phi) is 4.68. The summed E-state index contributed by atoms with van der Waals surface area (Å²) < 4.78 is 32.9. The summed E-state index contributed by atoms with van der Waals surface area (Å²) in [4.78, 5) is 16.1. The lowest BCUT2D eigenvalue weighted by Crippen LogP contribution is -2.31. The first kappa shape index (κ1) is 17.3. The molecule has 132 valence electrons. The van der Waals surface area contributed by atoms with Crippen LogP contribution in [-0.4, -0.2) is 34.2 Å². The van der Waals surface area contributed by atoms with E-state index in [4.69, 9.17) is 4.52 Å². The first-order valence-electron chi connectivity index (χ1n) is 7.26. The SMILES string of the molecule is Cc1c(S(=O)(=O)NC(=O)CCc2nc(-c3ccsc3)no2)cnn1C. The minimum atomic E-state index is -3.95. The van der Waals surface area contributed by atoms with Gasteiger partial charge in [0.1, 0.15) is 4.90 Å². The lowest BCUT2D eigenvalue weighted by atomic mass is 10.3. The summed E-state index contributed by atoms with van der Waals surface area (Å²) in [6.07, 6.45) is 1.25. The van der Waals surface area contributed by atoms with Crippen LogP contribution in [0.5, 0.6) is 0 Å². The number of carbonyl (C=O) groups is 1. The van der Waals surface area contributed by atoms with Gasteiger partial charge < -0.3 is 4.52 Å². The molecule has 0 aliphatic carbocycles. The van der Waals surface area contributed by atoms with Crippen LogP contribution in [-0.2, 0) is 28.3 Å². The van der Waals surface area contributed by atoms with E-state index in [-0.39, 0.29) is 23.6 Å². The van der Waals surface area contributed by atoms with Gasteiger partial charge in [-0.25, -0.2) is 13.1 Å². The zero-order chi connectivity index (χ0) is 18.0. The minimum Gasteiger partial charge on any atom is -0.339 e. The number of sulfonamides is 1. The van der Waals surface area contributed by atoms with Gasteiger partial charge in [0.25, 0.3) is 10.0 Å². The Balaban J connectivity index is 1.61. The molecule has 3 rings (SSSR count). The summed E-state index contributed by atoms with van der Waals surface area (Å²) in [5.41, 5.74) is 1.27. The van der Waals surface area contributed by atoms with Crippen molar-refractivity contribution in [3.05, 3.63) is 34.6 Å². The molecule has 0 unspecified atom stereocenters. The van der Waals surface area contributed by atoms with Gasteiger partial charge in [0.05, 0.1) is 11.9 Å². The van der Waals surface area contributed by atoms with Crippen molar-refractivity contribution in [3.63, 3.8) is 0 Å². The zero-order valence-corrected chi connectivity index (χ0v) is 15.1. The van der Waals surface area contributed by atoms with E-state index in [2.05, 4.69) is 15.2 Å². The van der Waals surface area contributed by atoms with Crippen LogP contribution in [0, 0.1) is 6.92 Å². The third-order valence-corrected chi connectivity index (χ3v) is 5.70. The van der Waals surface area contributed by atoms with Crippen LogP contribution in [0.2, 0.25) is 0 Å². The van der Waals surface area contributed by atoms with Crippen LogP contribution in [0.15, 0.2) is 32.4 Å². The third-order valence-electron chi connectivity index (χ3n) is 3.54. The molecule has 9 nitrogen and oxygen atoms in total. The fourth-order valence-corrected chi connectivity index (χ4v) is 3.94. The van der Waals surface area contributed by atoms with Gasteiger partial charge in [0.2, 0.25) is 17.6 Å². The van der Waals surface area contributed by atoms with E-state index in [0.717, 1.165) is 5.56 Å². The summed E-state index contributed by atoms with van der Waals surface area (Å²) in [5.74, 6) is 0.0557. The predicted octanol–water partition coefficient (Wildman–Crippen LogP) is 1.28. The average molecular weight is 381 g/mol. The van der Waals surface area contributed by atoms with Crippen molar-refractivity contribution in [2.75, 3.05) is 0 Å². The van der Waals surface area contributed by atoms with Crippen LogP contribution < -0.4 is 4.72 Å². The summed E-state index contributed by atoms with van der Waals surface area (Å²) >= 11 is 1.51. The van der Waals surface area contributed by atoms with Gasteiger partial charge in [-0.2, -0.15) is 21.4 Å². The maximum atomic E-state index is 12.2. The largest absolute Gasteiger partial charge is 0.339 e. The van der Waals surface area contributed by atoms with Gasteiger partial charge in [-0.15, -0.1) is 0 Å². The number of thiophene rings is 1. The molecular formula is C14H15N5O4S2. The highest BCUT2D eigenvalue weighted by Crippen LogP contribution is 2.19. The van der Waals surface area contributed by atoms with E-state index in [1.807, 2.05) is 21.5 Å².